The van der Waals surface area contributed by atoms with Crippen molar-refractivity contribution in [1.29, 1.82) is 0 Å². The zero-order valence-corrected chi connectivity index (χ0v) is 17.1. The second-order valence-corrected chi connectivity index (χ2v) is 7.56. The van der Waals surface area contributed by atoms with E-state index in [2.05, 4.69) is 4.74 Å². The summed E-state index contributed by atoms with van der Waals surface area (Å²) >= 11 is 0. The van der Waals surface area contributed by atoms with Crippen molar-refractivity contribution in [1.82, 2.24) is 4.57 Å². The number of ketones is 1. The molecule has 0 amide bonds. The lowest BCUT2D eigenvalue weighted by atomic mass is 10.1. The number of esters is 2. The fourth-order valence-electron chi connectivity index (χ4n) is 2.91. The van der Waals surface area contributed by atoms with Crippen molar-refractivity contribution in [3.63, 3.8) is 0 Å². The SMILES string of the molecule is COC(=O)CCn1c(C)cc(C(=O)COC(=O)c2ccccc2[S@](C)=O)c1C. The maximum absolute atomic E-state index is 12.5. The zero-order chi connectivity index (χ0) is 20.8. The molecule has 1 heterocycles. The Morgan fingerprint density at radius 2 is 1.79 bits per heavy atom. The number of benzene rings is 1. The first-order valence-electron chi connectivity index (χ1n) is 8.62. The molecule has 0 N–H and O–H groups in total. The molecule has 0 radical (unpaired) electrons. The summed E-state index contributed by atoms with van der Waals surface area (Å²) in [5.41, 5.74) is 2.13. The number of methoxy groups -OCH3 is 1. The topological polar surface area (TPSA) is 91.7 Å². The van der Waals surface area contributed by atoms with Crippen LogP contribution in [0, 0.1) is 13.8 Å². The van der Waals surface area contributed by atoms with Crippen molar-refractivity contribution >= 4 is 28.5 Å². The lowest BCUT2D eigenvalue weighted by Crippen LogP contribution is -2.16. The molecule has 0 unspecified atom stereocenters. The quantitative estimate of drug-likeness (QED) is 0.495. The summed E-state index contributed by atoms with van der Waals surface area (Å²) in [5.74, 6) is -1.37. The summed E-state index contributed by atoms with van der Waals surface area (Å²) in [7, 11) is -0.0222. The number of carbonyl (C=O) groups is 3. The van der Waals surface area contributed by atoms with Gasteiger partial charge in [-0.2, -0.15) is 0 Å². The van der Waals surface area contributed by atoms with E-state index < -0.39 is 23.4 Å². The molecule has 0 aliphatic heterocycles. The summed E-state index contributed by atoms with van der Waals surface area (Å²) < 4.78 is 23.4. The molecule has 2 aromatic rings. The van der Waals surface area contributed by atoms with Gasteiger partial charge in [-0.05, 0) is 32.0 Å². The van der Waals surface area contributed by atoms with Gasteiger partial charge in [-0.25, -0.2) is 4.79 Å². The Labute approximate surface area is 166 Å². The summed E-state index contributed by atoms with van der Waals surface area (Å²) in [6.45, 7) is 3.58. The van der Waals surface area contributed by atoms with E-state index in [0.717, 1.165) is 5.69 Å². The van der Waals surface area contributed by atoms with Crippen LogP contribution in [0.15, 0.2) is 35.2 Å². The van der Waals surface area contributed by atoms with E-state index in [9.17, 15) is 18.6 Å². The zero-order valence-electron chi connectivity index (χ0n) is 16.3. The predicted octanol–water partition coefficient (Wildman–Crippen LogP) is 2.45. The summed E-state index contributed by atoms with van der Waals surface area (Å²) in [6, 6.07) is 8.13. The van der Waals surface area contributed by atoms with Gasteiger partial charge in [0.1, 0.15) is 0 Å². The van der Waals surface area contributed by atoms with Crippen molar-refractivity contribution in [2.45, 2.75) is 31.7 Å². The molecule has 7 nitrogen and oxygen atoms in total. The fraction of sp³-hybridized carbons (Fsp3) is 0.350. The lowest BCUT2D eigenvalue weighted by Gasteiger charge is -2.09. The van der Waals surface area contributed by atoms with Gasteiger partial charge in [0.2, 0.25) is 5.78 Å². The molecule has 28 heavy (non-hydrogen) atoms. The van der Waals surface area contributed by atoms with Crippen LogP contribution in [0.2, 0.25) is 0 Å². The first-order chi connectivity index (χ1) is 13.3. The molecule has 150 valence electrons. The van der Waals surface area contributed by atoms with Gasteiger partial charge in [-0.1, -0.05) is 12.1 Å². The number of rotatable bonds is 8. The molecule has 2 rings (SSSR count). The maximum Gasteiger partial charge on any atom is 0.339 e. The number of aromatic nitrogens is 1. The largest absolute Gasteiger partial charge is 0.469 e. The van der Waals surface area contributed by atoms with E-state index >= 15 is 0 Å². The Kier molecular flexibility index (Phi) is 7.28. The smallest absolute Gasteiger partial charge is 0.339 e. The van der Waals surface area contributed by atoms with E-state index in [1.54, 1.807) is 31.2 Å². The van der Waals surface area contributed by atoms with Crippen molar-refractivity contribution in [2.75, 3.05) is 20.0 Å². The van der Waals surface area contributed by atoms with Crippen molar-refractivity contribution in [3.8, 4) is 0 Å². The third-order valence-electron chi connectivity index (χ3n) is 4.39. The van der Waals surface area contributed by atoms with Crippen LogP contribution >= 0.6 is 0 Å². The van der Waals surface area contributed by atoms with E-state index in [1.165, 1.54) is 19.4 Å². The highest BCUT2D eigenvalue weighted by Gasteiger charge is 2.20. The number of nitrogens with zero attached hydrogens (tertiary/aromatic N) is 1. The molecular weight excluding hydrogens is 382 g/mol. The average Bonchev–Trinajstić information content (AvgIpc) is 2.97. The van der Waals surface area contributed by atoms with Crippen molar-refractivity contribution in [3.05, 3.63) is 52.8 Å². The third-order valence-corrected chi connectivity index (χ3v) is 5.37. The fourth-order valence-corrected chi connectivity index (χ4v) is 3.64. The Morgan fingerprint density at radius 1 is 1.11 bits per heavy atom. The van der Waals surface area contributed by atoms with Gasteiger partial charge in [0.25, 0.3) is 0 Å². The van der Waals surface area contributed by atoms with Crippen LogP contribution in [0.5, 0.6) is 0 Å². The standard InChI is InChI=1S/C20H23NO6S/c1-13-11-16(14(2)21(13)10-9-19(23)26-3)17(22)12-27-20(24)15-7-5-6-8-18(15)28(4)25/h5-8,11H,9-10,12H2,1-4H3/t28-/m0/s1. The van der Waals surface area contributed by atoms with Crippen molar-refractivity contribution in [2.24, 2.45) is 0 Å². The van der Waals surface area contributed by atoms with Crippen LogP contribution in [0.3, 0.4) is 0 Å². The van der Waals surface area contributed by atoms with Gasteiger partial charge < -0.3 is 14.0 Å². The number of hydrogen-bond acceptors (Lipinski definition) is 6. The number of Topliss-reactive ketones (excluding diaryl/α,β-unsaturated/α-hetero) is 1. The number of hydrogen-bond donors (Lipinski definition) is 0. The second kappa shape index (κ2) is 9.45. The third kappa shape index (κ3) is 4.95. The van der Waals surface area contributed by atoms with E-state index in [-0.39, 0.29) is 23.7 Å². The average molecular weight is 405 g/mol. The first kappa shape index (κ1) is 21.6. The molecular formula is C20H23NO6S. The van der Waals surface area contributed by atoms with Gasteiger partial charge in [-0.3, -0.25) is 13.8 Å². The van der Waals surface area contributed by atoms with E-state index in [0.29, 0.717) is 22.7 Å². The number of carbonyl (C=O) groups excluding carboxylic acids is 3. The van der Waals surface area contributed by atoms with Gasteiger partial charge in [0, 0.05) is 29.8 Å². The minimum atomic E-state index is -1.35. The minimum Gasteiger partial charge on any atom is -0.469 e. The van der Waals surface area contributed by atoms with Gasteiger partial charge in [0.05, 0.1) is 34.8 Å². The highest BCUT2D eigenvalue weighted by Crippen LogP contribution is 2.18. The molecule has 0 saturated heterocycles. The molecule has 1 aromatic carbocycles. The Bertz CT molecular complexity index is 931. The van der Waals surface area contributed by atoms with Crippen LogP contribution in [-0.4, -0.2) is 46.5 Å². The molecule has 0 bridgehead atoms. The molecule has 0 aliphatic carbocycles. The monoisotopic (exact) mass is 405 g/mol. The van der Waals surface area contributed by atoms with E-state index in [4.69, 9.17) is 4.74 Å². The van der Waals surface area contributed by atoms with Gasteiger partial charge >= 0.3 is 11.9 Å². The summed E-state index contributed by atoms with van der Waals surface area (Å²) in [6.07, 6.45) is 1.67. The van der Waals surface area contributed by atoms with Crippen LogP contribution in [0.4, 0.5) is 0 Å². The highest BCUT2D eigenvalue weighted by molar-refractivity contribution is 7.84. The van der Waals surface area contributed by atoms with Gasteiger partial charge in [0.15, 0.2) is 6.61 Å². The summed E-state index contributed by atoms with van der Waals surface area (Å²) in [4.78, 5) is 36.6. The minimum absolute atomic E-state index is 0.180. The Hall–Kier alpha value is -2.74. The highest BCUT2D eigenvalue weighted by atomic mass is 32.2. The van der Waals surface area contributed by atoms with Crippen LogP contribution < -0.4 is 0 Å². The molecule has 0 fully saturated rings. The number of ether oxygens (including phenoxy) is 2. The van der Waals surface area contributed by atoms with Crippen molar-refractivity contribution < 1.29 is 28.1 Å². The molecule has 1 atom stereocenters. The van der Waals surface area contributed by atoms with E-state index in [1.807, 2.05) is 11.5 Å². The predicted molar refractivity (Wildman–Crippen MR) is 104 cm³/mol. The number of aryl methyl sites for hydroxylation is 1. The Balaban J connectivity index is 2.09. The summed E-state index contributed by atoms with van der Waals surface area (Å²) in [5, 5.41) is 0. The second-order valence-electron chi connectivity index (χ2n) is 6.21. The first-order valence-corrected chi connectivity index (χ1v) is 10.2. The molecule has 1 aromatic heterocycles. The Morgan fingerprint density at radius 3 is 2.43 bits per heavy atom. The molecule has 8 heteroatoms. The normalized spacial score (nSPS) is 11.7. The molecule has 0 aliphatic rings. The van der Waals surface area contributed by atoms with Crippen LogP contribution in [0.25, 0.3) is 0 Å². The van der Waals surface area contributed by atoms with Gasteiger partial charge in [-0.15, -0.1) is 0 Å². The maximum atomic E-state index is 12.5. The molecule has 0 saturated carbocycles. The van der Waals surface area contributed by atoms with Crippen LogP contribution in [0.1, 0.15) is 38.5 Å². The lowest BCUT2D eigenvalue weighted by molar-refractivity contribution is -0.140. The molecule has 0 spiro atoms. The van der Waals surface area contributed by atoms with Crippen LogP contribution in [-0.2, 0) is 31.6 Å².